The van der Waals surface area contributed by atoms with Crippen molar-refractivity contribution in [3.63, 3.8) is 0 Å². The highest BCUT2D eigenvalue weighted by atomic mass is 32.2. The molecule has 0 amide bonds. The van der Waals surface area contributed by atoms with Crippen LogP contribution in [0.2, 0.25) is 0 Å². The van der Waals surface area contributed by atoms with Gasteiger partial charge in [0, 0.05) is 6.54 Å². The molecule has 0 heterocycles. The maximum absolute atomic E-state index is 12.5. The first-order valence-corrected chi connectivity index (χ1v) is 9.08. The summed E-state index contributed by atoms with van der Waals surface area (Å²) in [6, 6.07) is 0. The van der Waals surface area contributed by atoms with Gasteiger partial charge in [-0.3, -0.25) is 4.18 Å². The number of carbonyl (C=O) groups is 2. The van der Waals surface area contributed by atoms with E-state index in [2.05, 4.69) is 0 Å². The van der Waals surface area contributed by atoms with Crippen LogP contribution in [-0.2, 0) is 33.4 Å². The molecule has 0 rings (SSSR count). The van der Waals surface area contributed by atoms with Crippen molar-refractivity contribution in [1.82, 2.24) is 0 Å². The molecule has 0 aliphatic rings. The van der Waals surface area contributed by atoms with Gasteiger partial charge in [-0.05, 0) is 41.5 Å². The highest BCUT2D eigenvalue weighted by Gasteiger charge is 2.55. The van der Waals surface area contributed by atoms with Gasteiger partial charge in [0.25, 0.3) is 10.1 Å². The van der Waals surface area contributed by atoms with Crippen molar-refractivity contribution >= 4 is 22.1 Å². The van der Waals surface area contributed by atoms with E-state index >= 15 is 0 Å². The fraction of sp³-hybridized carbons (Fsp3) is 0.857. The van der Waals surface area contributed by atoms with Gasteiger partial charge < -0.3 is 20.9 Å². The van der Waals surface area contributed by atoms with Crippen LogP contribution in [0.5, 0.6) is 0 Å². The Bertz CT molecular complexity index is 545. The molecule has 0 saturated carbocycles. The molecule has 1 atom stereocenters. The van der Waals surface area contributed by atoms with Gasteiger partial charge in [-0.1, -0.05) is 0 Å². The second-order valence-electron chi connectivity index (χ2n) is 7.40. The van der Waals surface area contributed by atoms with Crippen LogP contribution in [0, 0.1) is 0 Å². The molecule has 10 heteroatoms. The van der Waals surface area contributed by atoms with Crippen molar-refractivity contribution < 1.29 is 31.7 Å². The summed E-state index contributed by atoms with van der Waals surface area (Å²) in [5, 5.41) is 0. The Labute approximate surface area is 143 Å². The van der Waals surface area contributed by atoms with E-state index in [0.29, 0.717) is 0 Å². The van der Waals surface area contributed by atoms with Crippen molar-refractivity contribution in [2.75, 3.05) is 12.8 Å². The van der Waals surface area contributed by atoms with Crippen molar-refractivity contribution in [3.8, 4) is 0 Å². The van der Waals surface area contributed by atoms with Gasteiger partial charge in [-0.15, -0.1) is 0 Å². The molecule has 1 unspecified atom stereocenters. The van der Waals surface area contributed by atoms with Gasteiger partial charge in [0.2, 0.25) is 5.54 Å². The quantitative estimate of drug-likeness (QED) is 0.365. The predicted octanol–water partition coefficient (Wildman–Crippen LogP) is -0.329. The van der Waals surface area contributed by atoms with Crippen molar-refractivity contribution in [2.45, 2.75) is 64.4 Å². The van der Waals surface area contributed by atoms with E-state index in [9.17, 15) is 18.0 Å². The molecule has 24 heavy (non-hydrogen) atoms. The zero-order valence-electron chi connectivity index (χ0n) is 15.2. The lowest BCUT2D eigenvalue weighted by atomic mass is 9.92. The van der Waals surface area contributed by atoms with Gasteiger partial charge in [-0.2, -0.15) is 8.42 Å². The Kier molecular flexibility index (Phi) is 6.96. The summed E-state index contributed by atoms with van der Waals surface area (Å²) in [4.78, 5) is 25.0. The maximum Gasteiger partial charge on any atom is 0.341 e. The van der Waals surface area contributed by atoms with Crippen LogP contribution in [0.25, 0.3) is 0 Å². The zero-order chi connectivity index (χ0) is 19.6. The monoisotopic (exact) mass is 368 g/mol. The third kappa shape index (κ3) is 7.12. The van der Waals surface area contributed by atoms with E-state index < -0.39 is 51.4 Å². The zero-order valence-corrected chi connectivity index (χ0v) is 16.0. The van der Waals surface area contributed by atoms with Crippen LogP contribution < -0.4 is 11.5 Å². The lowest BCUT2D eigenvalue weighted by Crippen LogP contribution is -2.68. The number of rotatable bonds is 6. The van der Waals surface area contributed by atoms with Crippen LogP contribution in [0.1, 0.15) is 41.5 Å². The first-order chi connectivity index (χ1) is 10.4. The number of ether oxygens (including phenoxy) is 2. The van der Waals surface area contributed by atoms with Crippen molar-refractivity contribution in [1.29, 1.82) is 0 Å². The molecule has 9 nitrogen and oxygen atoms in total. The molecule has 0 aromatic carbocycles. The molecule has 0 spiro atoms. The molecule has 0 aliphatic heterocycles. The summed E-state index contributed by atoms with van der Waals surface area (Å²) in [6.45, 7) is 8.86. The van der Waals surface area contributed by atoms with E-state index in [0.717, 1.165) is 6.26 Å². The number of hydrogen-bond acceptors (Lipinski definition) is 9. The summed E-state index contributed by atoms with van der Waals surface area (Å²) < 4.78 is 37.9. The number of esters is 2. The van der Waals surface area contributed by atoms with Crippen LogP contribution in [0.4, 0.5) is 0 Å². The molecule has 0 bridgehead atoms. The molecule has 0 saturated heterocycles. The minimum atomic E-state index is -4.05. The second-order valence-corrected chi connectivity index (χ2v) is 9.00. The molecule has 0 aromatic rings. The molecule has 4 N–H and O–H groups in total. The first kappa shape index (κ1) is 22.8. The third-order valence-electron chi connectivity index (χ3n) is 2.49. The highest BCUT2D eigenvalue weighted by molar-refractivity contribution is 7.86. The second kappa shape index (κ2) is 7.34. The normalized spacial score (nSPS) is 14.9. The van der Waals surface area contributed by atoms with Gasteiger partial charge in [0.15, 0.2) is 0 Å². The standard InChI is InChI=1S/C14H28N2O7S/c1-12(2,3)21-10(17)14(16,11(18)22-13(4,5)6)9(8-15)23-24(7,19)20/h9H,8,15-16H2,1-7H3. The Morgan fingerprint density at radius 3 is 1.50 bits per heavy atom. The minimum Gasteiger partial charge on any atom is -0.458 e. The highest BCUT2D eigenvalue weighted by Crippen LogP contribution is 2.23. The third-order valence-corrected chi connectivity index (χ3v) is 3.07. The number of carbonyl (C=O) groups excluding carboxylic acids is 2. The average molecular weight is 368 g/mol. The van der Waals surface area contributed by atoms with Gasteiger partial charge in [0.1, 0.15) is 17.3 Å². The number of hydrogen-bond donors (Lipinski definition) is 2. The summed E-state index contributed by atoms with van der Waals surface area (Å²) >= 11 is 0. The molecular formula is C14H28N2O7S. The Morgan fingerprint density at radius 2 is 1.29 bits per heavy atom. The molecule has 0 fully saturated rings. The fourth-order valence-corrected chi connectivity index (χ4v) is 2.24. The van der Waals surface area contributed by atoms with E-state index in [-0.39, 0.29) is 0 Å². The summed E-state index contributed by atoms with van der Waals surface area (Å²) in [5.74, 6) is -2.38. The van der Waals surface area contributed by atoms with Gasteiger partial charge >= 0.3 is 11.9 Å². The molecule has 0 aliphatic carbocycles. The topological polar surface area (TPSA) is 148 Å². The summed E-state index contributed by atoms with van der Waals surface area (Å²) in [5.41, 5.74) is 6.93. The lowest BCUT2D eigenvalue weighted by molar-refractivity contribution is -0.181. The van der Waals surface area contributed by atoms with Gasteiger partial charge in [-0.25, -0.2) is 9.59 Å². The van der Waals surface area contributed by atoms with Crippen molar-refractivity contribution in [3.05, 3.63) is 0 Å². The van der Waals surface area contributed by atoms with Crippen LogP contribution >= 0.6 is 0 Å². The molecule has 0 aromatic heterocycles. The predicted molar refractivity (Wildman–Crippen MR) is 87.4 cm³/mol. The Morgan fingerprint density at radius 1 is 0.958 bits per heavy atom. The molecule has 142 valence electrons. The van der Waals surface area contributed by atoms with Crippen LogP contribution in [-0.4, -0.2) is 56.0 Å². The maximum atomic E-state index is 12.5. The Balaban J connectivity index is 5.97. The lowest BCUT2D eigenvalue weighted by Gasteiger charge is -2.35. The van der Waals surface area contributed by atoms with E-state index in [1.165, 1.54) is 0 Å². The van der Waals surface area contributed by atoms with Gasteiger partial charge in [0.05, 0.1) is 6.26 Å². The Hall–Kier alpha value is -1.23. The molecular weight excluding hydrogens is 340 g/mol. The van der Waals surface area contributed by atoms with Crippen LogP contribution in [0.3, 0.4) is 0 Å². The number of nitrogens with two attached hydrogens (primary N) is 2. The van der Waals surface area contributed by atoms with E-state index in [4.69, 9.17) is 25.1 Å². The minimum absolute atomic E-state index is 0.526. The van der Waals surface area contributed by atoms with E-state index in [1.807, 2.05) is 0 Å². The van der Waals surface area contributed by atoms with Crippen LogP contribution in [0.15, 0.2) is 0 Å². The van der Waals surface area contributed by atoms with E-state index in [1.54, 1.807) is 41.5 Å². The first-order valence-electron chi connectivity index (χ1n) is 7.26. The fourth-order valence-electron chi connectivity index (χ4n) is 1.58. The smallest absolute Gasteiger partial charge is 0.341 e. The average Bonchev–Trinajstić information content (AvgIpc) is 2.29. The summed E-state index contributed by atoms with van der Waals surface area (Å²) in [7, 11) is -4.05. The largest absolute Gasteiger partial charge is 0.458 e. The molecule has 0 radical (unpaired) electrons. The SMILES string of the molecule is CC(C)(C)OC(=O)C(N)(C(=O)OC(C)(C)C)C(CN)OS(C)(=O)=O. The summed E-state index contributed by atoms with van der Waals surface area (Å²) in [6.07, 6.45) is -0.933. The van der Waals surface area contributed by atoms with Crippen molar-refractivity contribution in [2.24, 2.45) is 11.5 Å².